The highest BCUT2D eigenvalue weighted by molar-refractivity contribution is 6.03. The Kier molecular flexibility index (Phi) is 5.35. The summed E-state index contributed by atoms with van der Waals surface area (Å²) in [6, 6.07) is 3.17. The smallest absolute Gasteiger partial charge is 0.303 e. The van der Waals surface area contributed by atoms with Gasteiger partial charge in [0.15, 0.2) is 5.89 Å². The number of hydrogen-bond donors (Lipinski definition) is 3. The molecule has 2 amide bonds. The van der Waals surface area contributed by atoms with Crippen LogP contribution in [-0.2, 0) is 11.3 Å². The lowest BCUT2D eigenvalue weighted by Crippen LogP contribution is -2.17. The SMILES string of the molecule is Cc1nc(C)c(C(=O)Nc2nc3cc(C(N)=O)cc(C)c3n2CCCC(=O)O)o1. The van der Waals surface area contributed by atoms with Gasteiger partial charge in [-0.05, 0) is 38.0 Å². The number of fused-ring (bicyclic) bond motifs is 1. The van der Waals surface area contributed by atoms with E-state index in [1.807, 2.05) is 0 Å². The van der Waals surface area contributed by atoms with Gasteiger partial charge in [-0.25, -0.2) is 9.97 Å². The van der Waals surface area contributed by atoms with Crippen LogP contribution < -0.4 is 11.1 Å². The summed E-state index contributed by atoms with van der Waals surface area (Å²) in [4.78, 5) is 43.6. The van der Waals surface area contributed by atoms with Crippen molar-refractivity contribution >= 4 is 34.8 Å². The molecule has 0 aliphatic rings. The average Bonchev–Trinajstić information content (AvgIpc) is 3.14. The molecule has 0 fully saturated rings. The van der Waals surface area contributed by atoms with E-state index >= 15 is 0 Å². The van der Waals surface area contributed by atoms with Gasteiger partial charge in [-0.2, -0.15) is 0 Å². The Hall–Kier alpha value is -3.69. The molecule has 0 atom stereocenters. The number of nitrogens with zero attached hydrogens (tertiary/aromatic N) is 3. The standard InChI is InChI=1S/C19H21N5O5/c1-9-7-12(17(20)27)8-13-15(9)24(6-4-5-14(25)26)19(22-13)23-18(28)16-10(2)21-11(3)29-16/h7-8H,4-6H2,1-3H3,(H2,20,27)(H,25,26)(H,22,23,28). The lowest BCUT2D eigenvalue weighted by Gasteiger charge is -2.10. The maximum absolute atomic E-state index is 12.7. The van der Waals surface area contributed by atoms with Crippen molar-refractivity contribution in [2.75, 3.05) is 5.32 Å². The molecular formula is C19H21N5O5. The second kappa shape index (κ2) is 7.74. The first-order valence-electron chi connectivity index (χ1n) is 8.95. The number of imidazole rings is 1. The normalized spacial score (nSPS) is 11.0. The molecule has 4 N–H and O–H groups in total. The molecule has 0 aliphatic carbocycles. The highest BCUT2D eigenvalue weighted by Crippen LogP contribution is 2.26. The summed E-state index contributed by atoms with van der Waals surface area (Å²) in [6.07, 6.45) is 0.299. The Morgan fingerprint density at radius 2 is 1.93 bits per heavy atom. The number of nitrogens with two attached hydrogens (primary N) is 1. The molecule has 0 unspecified atom stereocenters. The van der Waals surface area contributed by atoms with Gasteiger partial charge in [-0.3, -0.25) is 19.7 Å². The molecule has 152 valence electrons. The zero-order valence-electron chi connectivity index (χ0n) is 16.3. The van der Waals surface area contributed by atoms with Crippen LogP contribution in [0.5, 0.6) is 0 Å². The van der Waals surface area contributed by atoms with Crippen molar-refractivity contribution in [1.82, 2.24) is 14.5 Å². The monoisotopic (exact) mass is 399 g/mol. The minimum absolute atomic E-state index is 0.0358. The molecule has 0 spiro atoms. The molecule has 1 aromatic carbocycles. The van der Waals surface area contributed by atoms with Gasteiger partial charge in [0.2, 0.25) is 17.6 Å². The number of carbonyl (C=O) groups is 3. The molecule has 0 radical (unpaired) electrons. The van der Waals surface area contributed by atoms with Crippen molar-refractivity contribution in [2.24, 2.45) is 5.73 Å². The number of hydrogen-bond acceptors (Lipinski definition) is 6. The second-order valence-electron chi connectivity index (χ2n) is 6.71. The number of primary amides is 1. The van der Waals surface area contributed by atoms with E-state index in [9.17, 15) is 14.4 Å². The lowest BCUT2D eigenvalue weighted by atomic mass is 10.1. The van der Waals surface area contributed by atoms with Gasteiger partial charge >= 0.3 is 5.97 Å². The number of rotatable bonds is 7. The van der Waals surface area contributed by atoms with E-state index in [1.54, 1.807) is 31.4 Å². The summed E-state index contributed by atoms with van der Waals surface area (Å²) in [5.74, 6) is -1.38. The van der Waals surface area contributed by atoms with Gasteiger partial charge in [-0.1, -0.05) is 0 Å². The number of aromatic nitrogens is 3. The van der Waals surface area contributed by atoms with E-state index in [4.69, 9.17) is 15.3 Å². The zero-order chi connectivity index (χ0) is 21.3. The fourth-order valence-electron chi connectivity index (χ4n) is 3.22. The van der Waals surface area contributed by atoms with Crippen molar-refractivity contribution in [2.45, 2.75) is 40.2 Å². The molecule has 0 bridgehead atoms. The minimum atomic E-state index is -0.916. The van der Waals surface area contributed by atoms with Crippen molar-refractivity contribution in [3.05, 3.63) is 40.6 Å². The fourth-order valence-corrected chi connectivity index (χ4v) is 3.22. The minimum Gasteiger partial charge on any atom is -0.481 e. The molecule has 0 aliphatic heterocycles. The molecule has 29 heavy (non-hydrogen) atoms. The Balaban J connectivity index is 2.04. The predicted molar refractivity (Wildman–Crippen MR) is 104 cm³/mol. The fraction of sp³-hybridized carbons (Fsp3) is 0.316. The van der Waals surface area contributed by atoms with Crippen LogP contribution in [0.25, 0.3) is 11.0 Å². The van der Waals surface area contributed by atoms with E-state index in [-0.39, 0.29) is 18.1 Å². The molecule has 10 nitrogen and oxygen atoms in total. The van der Waals surface area contributed by atoms with Crippen LogP contribution in [0.2, 0.25) is 0 Å². The third-order valence-corrected chi connectivity index (χ3v) is 4.42. The van der Waals surface area contributed by atoms with E-state index in [1.165, 1.54) is 6.07 Å². The number of benzene rings is 1. The number of aryl methyl sites for hydroxylation is 4. The summed E-state index contributed by atoms with van der Waals surface area (Å²) >= 11 is 0. The van der Waals surface area contributed by atoms with Crippen LogP contribution in [0.3, 0.4) is 0 Å². The number of carboxylic acids is 1. The number of amides is 2. The molecular weight excluding hydrogens is 378 g/mol. The number of carboxylic acid groups (broad SMARTS) is 1. The summed E-state index contributed by atoms with van der Waals surface area (Å²) in [7, 11) is 0. The quantitative estimate of drug-likeness (QED) is 0.550. The number of anilines is 1. The summed E-state index contributed by atoms with van der Waals surface area (Å²) in [6.45, 7) is 5.40. The van der Waals surface area contributed by atoms with Crippen LogP contribution in [-0.4, -0.2) is 37.4 Å². The van der Waals surface area contributed by atoms with Gasteiger partial charge < -0.3 is 19.8 Å². The molecule has 3 aromatic rings. The average molecular weight is 399 g/mol. The van der Waals surface area contributed by atoms with Gasteiger partial charge in [0.25, 0.3) is 5.91 Å². The second-order valence-corrected chi connectivity index (χ2v) is 6.71. The van der Waals surface area contributed by atoms with Gasteiger partial charge in [-0.15, -0.1) is 0 Å². The van der Waals surface area contributed by atoms with Gasteiger partial charge in [0, 0.05) is 25.5 Å². The summed E-state index contributed by atoms with van der Waals surface area (Å²) in [5.41, 5.74) is 8.00. The predicted octanol–water partition coefficient (Wildman–Crippen LogP) is 2.17. The Bertz CT molecular complexity index is 1130. The third-order valence-electron chi connectivity index (χ3n) is 4.42. The Morgan fingerprint density at radius 3 is 2.52 bits per heavy atom. The topological polar surface area (TPSA) is 153 Å². The maximum atomic E-state index is 12.7. The molecule has 3 rings (SSSR count). The van der Waals surface area contributed by atoms with E-state index in [0.717, 1.165) is 5.56 Å². The zero-order valence-corrected chi connectivity index (χ0v) is 16.3. The number of aliphatic carboxylic acids is 1. The van der Waals surface area contributed by atoms with Crippen molar-refractivity contribution < 1.29 is 23.9 Å². The highest BCUT2D eigenvalue weighted by atomic mass is 16.4. The van der Waals surface area contributed by atoms with Crippen molar-refractivity contribution in [1.29, 1.82) is 0 Å². The van der Waals surface area contributed by atoms with E-state index in [2.05, 4.69) is 15.3 Å². The van der Waals surface area contributed by atoms with Gasteiger partial charge in [0.05, 0.1) is 16.7 Å². The first kappa shape index (κ1) is 20.1. The largest absolute Gasteiger partial charge is 0.481 e. The van der Waals surface area contributed by atoms with Crippen LogP contribution in [0, 0.1) is 20.8 Å². The van der Waals surface area contributed by atoms with Crippen LogP contribution in [0.1, 0.15) is 50.9 Å². The van der Waals surface area contributed by atoms with Crippen molar-refractivity contribution in [3.63, 3.8) is 0 Å². The first-order chi connectivity index (χ1) is 13.7. The molecule has 10 heteroatoms. The number of oxazole rings is 1. The van der Waals surface area contributed by atoms with E-state index < -0.39 is 17.8 Å². The third kappa shape index (κ3) is 4.10. The van der Waals surface area contributed by atoms with Crippen molar-refractivity contribution in [3.8, 4) is 0 Å². The first-order valence-corrected chi connectivity index (χ1v) is 8.95. The van der Waals surface area contributed by atoms with Gasteiger partial charge in [0.1, 0.15) is 0 Å². The number of carbonyl (C=O) groups excluding carboxylic acids is 2. The highest BCUT2D eigenvalue weighted by Gasteiger charge is 2.21. The van der Waals surface area contributed by atoms with Crippen LogP contribution >= 0.6 is 0 Å². The molecule has 0 saturated carbocycles. The summed E-state index contributed by atoms with van der Waals surface area (Å²) < 4.78 is 7.07. The Morgan fingerprint density at radius 1 is 1.21 bits per heavy atom. The molecule has 0 saturated heterocycles. The Labute approximate surface area is 165 Å². The molecule has 2 aromatic heterocycles. The van der Waals surface area contributed by atoms with Crippen LogP contribution in [0.4, 0.5) is 5.95 Å². The summed E-state index contributed by atoms with van der Waals surface area (Å²) in [5, 5.41) is 11.6. The lowest BCUT2D eigenvalue weighted by molar-refractivity contribution is -0.137. The van der Waals surface area contributed by atoms with Crippen LogP contribution in [0.15, 0.2) is 16.5 Å². The maximum Gasteiger partial charge on any atom is 0.303 e. The molecule has 2 heterocycles. The van der Waals surface area contributed by atoms with E-state index in [0.29, 0.717) is 41.1 Å². The number of nitrogens with one attached hydrogen (secondary N) is 1.